The summed E-state index contributed by atoms with van der Waals surface area (Å²) in [5.41, 5.74) is 0.551. The molecule has 2 N–H and O–H groups in total. The van der Waals surface area contributed by atoms with Gasteiger partial charge in [0.1, 0.15) is 5.82 Å². The van der Waals surface area contributed by atoms with E-state index in [1.165, 1.54) is 24.3 Å². The molecule has 0 saturated carbocycles. The summed E-state index contributed by atoms with van der Waals surface area (Å²) < 4.78 is 22.7. The van der Waals surface area contributed by atoms with Crippen molar-refractivity contribution in [2.75, 3.05) is 38.8 Å². The highest BCUT2D eigenvalue weighted by atomic mass is 19.1. The van der Waals surface area contributed by atoms with Crippen LogP contribution in [-0.2, 0) is 9.47 Å². The van der Waals surface area contributed by atoms with Gasteiger partial charge in [-0.05, 0) is 30.7 Å². The molecule has 0 spiro atoms. The normalized spacial score (nSPS) is 10.2. The van der Waals surface area contributed by atoms with Gasteiger partial charge in [0, 0.05) is 25.9 Å². The van der Waals surface area contributed by atoms with Crippen molar-refractivity contribution < 1.29 is 18.7 Å². The highest BCUT2D eigenvalue weighted by Gasteiger charge is 2.00. The fourth-order valence-corrected chi connectivity index (χ4v) is 1.33. The lowest BCUT2D eigenvalue weighted by Crippen LogP contribution is -2.30. The molecule has 106 valence electrons. The fourth-order valence-electron chi connectivity index (χ4n) is 1.33. The molecule has 1 rings (SSSR count). The Kier molecular flexibility index (Phi) is 7.53. The molecule has 0 heterocycles. The third-order valence-corrected chi connectivity index (χ3v) is 2.28. The van der Waals surface area contributed by atoms with Gasteiger partial charge in [0.25, 0.3) is 0 Å². The summed E-state index contributed by atoms with van der Waals surface area (Å²) >= 11 is 0. The summed E-state index contributed by atoms with van der Waals surface area (Å²) in [7, 11) is 1.62. The minimum Gasteiger partial charge on any atom is -0.382 e. The van der Waals surface area contributed by atoms with Gasteiger partial charge in [-0.15, -0.1) is 0 Å². The van der Waals surface area contributed by atoms with Crippen LogP contribution in [0.15, 0.2) is 24.3 Å². The first-order valence-electron chi connectivity index (χ1n) is 6.09. The van der Waals surface area contributed by atoms with E-state index in [4.69, 9.17) is 9.47 Å². The second kappa shape index (κ2) is 9.29. The van der Waals surface area contributed by atoms with Crippen LogP contribution in [0.1, 0.15) is 6.42 Å². The van der Waals surface area contributed by atoms with Crippen LogP contribution >= 0.6 is 0 Å². The van der Waals surface area contributed by atoms with Crippen LogP contribution in [0.2, 0.25) is 0 Å². The molecule has 0 radical (unpaired) electrons. The van der Waals surface area contributed by atoms with Crippen molar-refractivity contribution in [2.45, 2.75) is 6.42 Å². The van der Waals surface area contributed by atoms with Gasteiger partial charge in [-0.1, -0.05) is 0 Å². The first kappa shape index (κ1) is 15.4. The first-order valence-corrected chi connectivity index (χ1v) is 6.09. The number of nitrogens with one attached hydrogen (secondary N) is 2. The number of amides is 2. The number of hydrogen-bond acceptors (Lipinski definition) is 3. The molecule has 2 amide bonds. The van der Waals surface area contributed by atoms with Crippen LogP contribution in [-0.4, -0.2) is 39.5 Å². The van der Waals surface area contributed by atoms with Crippen molar-refractivity contribution in [1.29, 1.82) is 0 Å². The largest absolute Gasteiger partial charge is 0.382 e. The van der Waals surface area contributed by atoms with Crippen LogP contribution in [0.4, 0.5) is 14.9 Å². The average Bonchev–Trinajstić information content (AvgIpc) is 2.40. The van der Waals surface area contributed by atoms with E-state index in [0.29, 0.717) is 32.1 Å². The SMILES string of the molecule is COCCOCCCNC(=O)Nc1ccc(F)cc1. The summed E-state index contributed by atoms with van der Waals surface area (Å²) in [6.07, 6.45) is 0.723. The lowest BCUT2D eigenvalue weighted by molar-refractivity contribution is 0.0697. The number of hydrogen-bond donors (Lipinski definition) is 2. The van der Waals surface area contributed by atoms with Crippen molar-refractivity contribution in [3.63, 3.8) is 0 Å². The summed E-state index contributed by atoms with van der Waals surface area (Å²) in [4.78, 5) is 11.5. The van der Waals surface area contributed by atoms with Gasteiger partial charge < -0.3 is 20.1 Å². The van der Waals surface area contributed by atoms with Gasteiger partial charge >= 0.3 is 6.03 Å². The fraction of sp³-hybridized carbons (Fsp3) is 0.462. The minimum absolute atomic E-state index is 0.316. The van der Waals surface area contributed by atoms with Gasteiger partial charge in [0.2, 0.25) is 0 Å². The monoisotopic (exact) mass is 270 g/mol. The quantitative estimate of drug-likeness (QED) is 0.710. The number of urea groups is 1. The maximum absolute atomic E-state index is 12.6. The van der Waals surface area contributed by atoms with Gasteiger partial charge in [0.05, 0.1) is 13.2 Å². The van der Waals surface area contributed by atoms with Gasteiger partial charge in [0.15, 0.2) is 0 Å². The molecule has 1 aromatic carbocycles. The standard InChI is InChI=1S/C13H19FN2O3/c1-18-9-10-19-8-2-7-15-13(17)16-12-5-3-11(14)4-6-12/h3-6H,2,7-10H2,1H3,(H2,15,16,17). The Labute approximate surface area is 112 Å². The Morgan fingerprint density at radius 1 is 1.21 bits per heavy atom. The zero-order valence-electron chi connectivity index (χ0n) is 10.9. The number of methoxy groups -OCH3 is 1. The zero-order valence-corrected chi connectivity index (χ0v) is 10.9. The maximum Gasteiger partial charge on any atom is 0.319 e. The van der Waals surface area contributed by atoms with E-state index < -0.39 is 0 Å². The summed E-state index contributed by atoms with van der Waals surface area (Å²) in [5.74, 6) is -0.334. The second-order valence-electron chi connectivity index (χ2n) is 3.85. The molecule has 0 fully saturated rings. The van der Waals surface area contributed by atoms with Crippen LogP contribution in [0.25, 0.3) is 0 Å². The third kappa shape index (κ3) is 7.38. The van der Waals surface area contributed by atoms with Crippen molar-refractivity contribution in [3.8, 4) is 0 Å². The van der Waals surface area contributed by atoms with E-state index in [1.54, 1.807) is 7.11 Å². The van der Waals surface area contributed by atoms with Crippen molar-refractivity contribution in [3.05, 3.63) is 30.1 Å². The Hall–Kier alpha value is -1.66. The van der Waals surface area contributed by atoms with E-state index in [2.05, 4.69) is 10.6 Å². The second-order valence-corrected chi connectivity index (χ2v) is 3.85. The van der Waals surface area contributed by atoms with Gasteiger partial charge in [-0.25, -0.2) is 9.18 Å². The summed E-state index contributed by atoms with van der Waals surface area (Å²) in [5, 5.41) is 5.28. The average molecular weight is 270 g/mol. The Morgan fingerprint density at radius 3 is 2.63 bits per heavy atom. The van der Waals surface area contributed by atoms with Gasteiger partial charge in [-0.2, -0.15) is 0 Å². The first-order chi connectivity index (χ1) is 9.22. The Morgan fingerprint density at radius 2 is 1.95 bits per heavy atom. The summed E-state index contributed by atoms with van der Waals surface area (Å²) in [6.45, 7) is 2.21. The molecule has 19 heavy (non-hydrogen) atoms. The number of halogens is 1. The van der Waals surface area contributed by atoms with E-state index in [0.717, 1.165) is 6.42 Å². The smallest absolute Gasteiger partial charge is 0.319 e. The van der Waals surface area contributed by atoms with Crippen LogP contribution < -0.4 is 10.6 Å². The molecular formula is C13H19FN2O3. The molecule has 0 saturated heterocycles. The topological polar surface area (TPSA) is 59.6 Å². The molecule has 1 aromatic rings. The number of carbonyl (C=O) groups is 1. The van der Waals surface area contributed by atoms with Crippen LogP contribution in [0, 0.1) is 5.82 Å². The Balaban J connectivity index is 2.06. The number of carbonyl (C=O) groups excluding carboxylic acids is 1. The number of rotatable bonds is 8. The predicted molar refractivity (Wildman–Crippen MR) is 70.7 cm³/mol. The van der Waals surface area contributed by atoms with E-state index in [9.17, 15) is 9.18 Å². The Bertz CT molecular complexity index is 371. The molecule has 0 aliphatic heterocycles. The van der Waals surface area contributed by atoms with Gasteiger partial charge in [-0.3, -0.25) is 0 Å². The van der Waals surface area contributed by atoms with E-state index in [-0.39, 0.29) is 11.8 Å². The number of benzene rings is 1. The predicted octanol–water partition coefficient (Wildman–Crippen LogP) is 2.00. The van der Waals surface area contributed by atoms with E-state index >= 15 is 0 Å². The lowest BCUT2D eigenvalue weighted by atomic mass is 10.3. The number of ether oxygens (including phenoxy) is 2. The molecule has 0 atom stereocenters. The molecule has 5 nitrogen and oxygen atoms in total. The van der Waals surface area contributed by atoms with Crippen LogP contribution in [0.5, 0.6) is 0 Å². The van der Waals surface area contributed by atoms with Crippen molar-refractivity contribution in [1.82, 2.24) is 5.32 Å². The molecule has 6 heteroatoms. The zero-order chi connectivity index (χ0) is 13.9. The molecule has 0 unspecified atom stereocenters. The highest BCUT2D eigenvalue weighted by molar-refractivity contribution is 5.89. The highest BCUT2D eigenvalue weighted by Crippen LogP contribution is 2.07. The van der Waals surface area contributed by atoms with E-state index in [1.807, 2.05) is 0 Å². The lowest BCUT2D eigenvalue weighted by Gasteiger charge is -2.08. The molecule has 0 aliphatic carbocycles. The molecule has 0 aliphatic rings. The summed E-state index contributed by atoms with van der Waals surface area (Å²) in [6, 6.07) is 5.27. The minimum atomic E-state index is -0.334. The third-order valence-electron chi connectivity index (χ3n) is 2.28. The molecule has 0 aromatic heterocycles. The maximum atomic E-state index is 12.6. The van der Waals surface area contributed by atoms with Crippen molar-refractivity contribution in [2.24, 2.45) is 0 Å². The molecule has 0 bridgehead atoms. The molecular weight excluding hydrogens is 251 g/mol. The number of anilines is 1. The van der Waals surface area contributed by atoms with Crippen molar-refractivity contribution >= 4 is 11.7 Å². The van der Waals surface area contributed by atoms with Crippen LogP contribution in [0.3, 0.4) is 0 Å².